The Morgan fingerprint density at radius 2 is 1.70 bits per heavy atom. The van der Waals surface area contributed by atoms with Gasteiger partial charge in [-0.1, -0.05) is 42.5 Å². The number of ether oxygens (including phenoxy) is 1. The van der Waals surface area contributed by atoms with Crippen LogP contribution in [-0.4, -0.2) is 45.8 Å². The summed E-state index contributed by atoms with van der Waals surface area (Å²) in [5, 5.41) is 11.1. The standard InChI is InChI=1S/C22H22N4O4/c1-15-21(25-26(24-15)19-6-4-3-5-7-19)22(29)30-14-20(28)18-10-8-17(9-11-18)12-13-23-16(2)27/h3-11H,12-14H2,1-2H3,(H,23,27). The first-order valence-electron chi connectivity index (χ1n) is 9.47. The highest BCUT2D eigenvalue weighted by Gasteiger charge is 2.19. The van der Waals surface area contributed by atoms with Gasteiger partial charge in [-0.2, -0.15) is 9.90 Å². The highest BCUT2D eigenvalue weighted by Crippen LogP contribution is 2.10. The molecular formula is C22H22N4O4. The number of ketones is 1. The number of carbonyl (C=O) groups is 3. The molecule has 0 saturated heterocycles. The van der Waals surface area contributed by atoms with Gasteiger partial charge in [-0.25, -0.2) is 4.79 Å². The summed E-state index contributed by atoms with van der Waals surface area (Å²) in [6, 6.07) is 16.2. The van der Waals surface area contributed by atoms with Gasteiger partial charge in [-0.3, -0.25) is 9.59 Å². The number of aromatic nitrogens is 3. The number of aryl methyl sites for hydroxylation is 1. The number of benzene rings is 2. The van der Waals surface area contributed by atoms with Crippen molar-refractivity contribution in [2.24, 2.45) is 0 Å². The third kappa shape index (κ3) is 5.38. The summed E-state index contributed by atoms with van der Waals surface area (Å²) >= 11 is 0. The molecule has 0 aliphatic heterocycles. The van der Waals surface area contributed by atoms with E-state index in [1.54, 1.807) is 19.1 Å². The maximum absolute atomic E-state index is 12.3. The topological polar surface area (TPSA) is 103 Å². The third-order valence-corrected chi connectivity index (χ3v) is 4.36. The summed E-state index contributed by atoms with van der Waals surface area (Å²) in [7, 11) is 0. The Labute approximate surface area is 173 Å². The monoisotopic (exact) mass is 406 g/mol. The zero-order valence-corrected chi connectivity index (χ0v) is 16.8. The van der Waals surface area contributed by atoms with E-state index in [0.29, 0.717) is 29.9 Å². The average Bonchev–Trinajstić information content (AvgIpc) is 3.14. The number of esters is 1. The fraction of sp³-hybridized carbons (Fsp3) is 0.227. The van der Waals surface area contributed by atoms with Crippen LogP contribution in [0.4, 0.5) is 0 Å². The van der Waals surface area contributed by atoms with E-state index in [1.165, 1.54) is 11.7 Å². The van der Waals surface area contributed by atoms with Crippen LogP contribution >= 0.6 is 0 Å². The Balaban J connectivity index is 1.56. The van der Waals surface area contributed by atoms with Gasteiger partial charge in [0.2, 0.25) is 5.91 Å². The van der Waals surface area contributed by atoms with Crippen molar-refractivity contribution in [2.75, 3.05) is 13.2 Å². The van der Waals surface area contributed by atoms with Crippen LogP contribution in [0.2, 0.25) is 0 Å². The van der Waals surface area contributed by atoms with Gasteiger partial charge in [-0.05, 0) is 31.0 Å². The van der Waals surface area contributed by atoms with Crippen molar-refractivity contribution in [2.45, 2.75) is 20.3 Å². The second-order valence-corrected chi connectivity index (χ2v) is 6.69. The van der Waals surface area contributed by atoms with Crippen molar-refractivity contribution < 1.29 is 19.1 Å². The van der Waals surface area contributed by atoms with Gasteiger partial charge in [0, 0.05) is 19.0 Å². The van der Waals surface area contributed by atoms with E-state index in [-0.39, 0.29) is 24.0 Å². The molecule has 30 heavy (non-hydrogen) atoms. The second-order valence-electron chi connectivity index (χ2n) is 6.69. The van der Waals surface area contributed by atoms with Crippen LogP contribution in [-0.2, 0) is 16.0 Å². The molecule has 2 aromatic carbocycles. The zero-order valence-electron chi connectivity index (χ0n) is 16.8. The number of amides is 1. The molecule has 0 fully saturated rings. The molecule has 0 bridgehead atoms. The molecule has 0 aliphatic rings. The van der Waals surface area contributed by atoms with Crippen molar-refractivity contribution in [1.29, 1.82) is 0 Å². The van der Waals surface area contributed by atoms with E-state index in [9.17, 15) is 14.4 Å². The summed E-state index contributed by atoms with van der Waals surface area (Å²) in [6.45, 7) is 3.27. The lowest BCUT2D eigenvalue weighted by Crippen LogP contribution is -2.22. The fourth-order valence-electron chi connectivity index (χ4n) is 2.77. The summed E-state index contributed by atoms with van der Waals surface area (Å²) in [6.07, 6.45) is 0.666. The lowest BCUT2D eigenvalue weighted by Gasteiger charge is -2.05. The van der Waals surface area contributed by atoms with Crippen molar-refractivity contribution in [1.82, 2.24) is 20.3 Å². The minimum absolute atomic E-state index is 0.0694. The van der Waals surface area contributed by atoms with Gasteiger partial charge >= 0.3 is 5.97 Å². The lowest BCUT2D eigenvalue weighted by molar-refractivity contribution is -0.118. The highest BCUT2D eigenvalue weighted by atomic mass is 16.5. The molecule has 8 nitrogen and oxygen atoms in total. The van der Waals surface area contributed by atoms with Crippen LogP contribution in [0.1, 0.15) is 39.0 Å². The molecule has 0 aliphatic carbocycles. The van der Waals surface area contributed by atoms with Crippen molar-refractivity contribution in [3.8, 4) is 5.69 Å². The van der Waals surface area contributed by atoms with E-state index >= 15 is 0 Å². The molecule has 0 spiro atoms. The number of rotatable bonds is 8. The maximum Gasteiger partial charge on any atom is 0.361 e. The predicted molar refractivity (Wildman–Crippen MR) is 110 cm³/mol. The molecule has 1 amide bonds. The number of Topliss-reactive ketones (excluding diaryl/α,β-unsaturated/α-hetero) is 1. The van der Waals surface area contributed by atoms with E-state index in [0.717, 1.165) is 5.56 Å². The number of nitrogens with one attached hydrogen (secondary N) is 1. The average molecular weight is 406 g/mol. The molecule has 3 rings (SSSR count). The largest absolute Gasteiger partial charge is 0.452 e. The number of hydrogen-bond donors (Lipinski definition) is 1. The number of carbonyl (C=O) groups excluding carboxylic acids is 3. The second kappa shape index (κ2) is 9.60. The Kier molecular flexibility index (Phi) is 6.69. The molecule has 0 saturated carbocycles. The summed E-state index contributed by atoms with van der Waals surface area (Å²) < 4.78 is 5.14. The van der Waals surface area contributed by atoms with E-state index in [2.05, 4.69) is 15.5 Å². The molecule has 0 atom stereocenters. The number of hydrogen-bond acceptors (Lipinski definition) is 6. The molecule has 1 aromatic heterocycles. The van der Waals surface area contributed by atoms with Gasteiger partial charge in [0.25, 0.3) is 0 Å². The Morgan fingerprint density at radius 1 is 1.00 bits per heavy atom. The summed E-state index contributed by atoms with van der Waals surface area (Å²) in [4.78, 5) is 36.9. The van der Waals surface area contributed by atoms with Gasteiger partial charge < -0.3 is 10.1 Å². The molecule has 0 unspecified atom stereocenters. The van der Waals surface area contributed by atoms with Gasteiger partial charge in [0.1, 0.15) is 0 Å². The van der Waals surface area contributed by atoms with Gasteiger partial charge in [-0.15, -0.1) is 5.10 Å². The van der Waals surface area contributed by atoms with Crippen LogP contribution in [0.5, 0.6) is 0 Å². The van der Waals surface area contributed by atoms with Crippen molar-refractivity contribution >= 4 is 17.7 Å². The van der Waals surface area contributed by atoms with Gasteiger partial charge in [0.15, 0.2) is 18.1 Å². The van der Waals surface area contributed by atoms with Crippen molar-refractivity contribution in [3.63, 3.8) is 0 Å². The Morgan fingerprint density at radius 3 is 2.37 bits per heavy atom. The zero-order chi connectivity index (χ0) is 21.5. The number of nitrogens with zero attached hydrogens (tertiary/aromatic N) is 3. The van der Waals surface area contributed by atoms with Crippen LogP contribution in [0.3, 0.4) is 0 Å². The Hall–Kier alpha value is -3.81. The SMILES string of the molecule is CC(=O)NCCc1ccc(C(=O)COC(=O)c2nn(-c3ccccc3)nc2C)cc1. The highest BCUT2D eigenvalue weighted by molar-refractivity contribution is 5.99. The first-order valence-corrected chi connectivity index (χ1v) is 9.47. The lowest BCUT2D eigenvalue weighted by atomic mass is 10.1. The molecular weight excluding hydrogens is 384 g/mol. The van der Waals surface area contributed by atoms with Crippen molar-refractivity contribution in [3.05, 3.63) is 77.1 Å². The van der Waals surface area contributed by atoms with E-state index in [1.807, 2.05) is 42.5 Å². The minimum atomic E-state index is -0.699. The minimum Gasteiger partial charge on any atom is -0.452 e. The quantitative estimate of drug-likeness (QED) is 0.455. The summed E-state index contributed by atoms with van der Waals surface area (Å²) in [5.41, 5.74) is 2.63. The first-order chi connectivity index (χ1) is 14.4. The van der Waals surface area contributed by atoms with Crippen LogP contribution < -0.4 is 5.32 Å². The molecule has 154 valence electrons. The molecule has 0 radical (unpaired) electrons. The third-order valence-electron chi connectivity index (χ3n) is 4.36. The normalized spacial score (nSPS) is 10.5. The van der Waals surface area contributed by atoms with Crippen LogP contribution in [0, 0.1) is 6.92 Å². The first kappa shape index (κ1) is 20.9. The van der Waals surface area contributed by atoms with E-state index < -0.39 is 5.97 Å². The fourth-order valence-corrected chi connectivity index (χ4v) is 2.77. The molecule has 3 aromatic rings. The molecule has 1 heterocycles. The number of para-hydroxylation sites is 1. The van der Waals surface area contributed by atoms with E-state index in [4.69, 9.17) is 4.74 Å². The molecule has 1 N–H and O–H groups in total. The van der Waals surface area contributed by atoms with Crippen LogP contribution in [0.15, 0.2) is 54.6 Å². The smallest absolute Gasteiger partial charge is 0.361 e. The molecule has 8 heteroatoms. The summed E-state index contributed by atoms with van der Waals surface area (Å²) in [5.74, 6) is -1.09. The van der Waals surface area contributed by atoms with Crippen LogP contribution in [0.25, 0.3) is 5.69 Å². The predicted octanol–water partition coefficient (Wildman–Crippen LogP) is 2.29. The Bertz CT molecular complexity index is 1040. The maximum atomic E-state index is 12.3. The van der Waals surface area contributed by atoms with Gasteiger partial charge in [0.05, 0.1) is 11.4 Å².